The monoisotopic (exact) mass is 443 g/mol. The number of nitrogens with zero attached hydrogens (tertiary/aromatic N) is 1. The molecule has 2 aromatic carbocycles. The normalized spacial score (nSPS) is 33.8. The molecule has 1 fully saturated rings. The molecule has 0 N–H and O–H groups in total. The molecule has 2 heterocycles. The number of ether oxygens (including phenoxy) is 3. The highest BCUT2D eigenvalue weighted by Gasteiger charge is 2.77. The molecule has 1 saturated heterocycles. The van der Waals surface area contributed by atoms with Crippen LogP contribution in [0.4, 0.5) is 0 Å². The summed E-state index contributed by atoms with van der Waals surface area (Å²) < 4.78 is 19.2. The summed E-state index contributed by atoms with van der Waals surface area (Å²) in [7, 11) is 3.82. The summed E-state index contributed by atoms with van der Waals surface area (Å²) in [4.78, 5) is 15.8. The van der Waals surface area contributed by atoms with Crippen LogP contribution in [-0.4, -0.2) is 55.2 Å². The van der Waals surface area contributed by atoms with Crippen LogP contribution in [0.1, 0.15) is 30.0 Å². The van der Waals surface area contributed by atoms with Gasteiger partial charge in [-0.15, -0.1) is 0 Å². The van der Waals surface area contributed by atoms with E-state index in [4.69, 9.17) is 14.2 Å². The van der Waals surface area contributed by atoms with Crippen molar-refractivity contribution in [3.8, 4) is 11.5 Å². The zero-order valence-corrected chi connectivity index (χ0v) is 19.3. The molecule has 0 aromatic heterocycles. The highest BCUT2D eigenvalue weighted by Crippen LogP contribution is 2.68. The summed E-state index contributed by atoms with van der Waals surface area (Å²) in [6.07, 6.45) is 9.49. The Kier molecular flexibility index (Phi) is 4.42. The number of methoxy groups -OCH3 is 1. The molecule has 6 rings (SSSR count). The number of rotatable bonds is 5. The van der Waals surface area contributed by atoms with E-state index in [-0.39, 0.29) is 11.8 Å². The van der Waals surface area contributed by atoms with Gasteiger partial charge in [-0.2, -0.15) is 0 Å². The van der Waals surface area contributed by atoms with Gasteiger partial charge in [-0.3, -0.25) is 9.69 Å². The first-order chi connectivity index (χ1) is 16.0. The fourth-order valence-electron chi connectivity index (χ4n) is 6.86. The Morgan fingerprint density at radius 3 is 2.82 bits per heavy atom. The van der Waals surface area contributed by atoms with Crippen molar-refractivity contribution in [2.75, 3.05) is 27.3 Å². The van der Waals surface area contributed by atoms with Gasteiger partial charge in [0.1, 0.15) is 5.60 Å². The Balaban J connectivity index is 1.50. The number of likely N-dealkylation sites (N-methyl/N-ethyl adjacent to an activating group) is 1. The molecular weight excluding hydrogens is 414 g/mol. The Morgan fingerprint density at radius 2 is 2.03 bits per heavy atom. The zero-order valence-electron chi connectivity index (χ0n) is 19.3. The van der Waals surface area contributed by atoms with Crippen LogP contribution in [0.2, 0.25) is 0 Å². The maximum Gasteiger partial charge on any atom is 0.199 e. The van der Waals surface area contributed by atoms with E-state index < -0.39 is 16.6 Å². The highest BCUT2D eigenvalue weighted by atomic mass is 16.5. The number of carbonyl (C=O) groups is 1. The highest BCUT2D eigenvalue weighted by molar-refractivity contribution is 6.02. The van der Waals surface area contributed by atoms with Crippen LogP contribution < -0.4 is 9.47 Å². The fraction of sp³-hybridized carbons (Fsp3) is 0.393. The molecule has 2 bridgehead atoms. The van der Waals surface area contributed by atoms with Gasteiger partial charge < -0.3 is 14.2 Å². The summed E-state index contributed by atoms with van der Waals surface area (Å²) in [6, 6.07) is 14.4. The molecule has 0 amide bonds. The van der Waals surface area contributed by atoms with Gasteiger partial charge in [-0.25, -0.2) is 0 Å². The van der Waals surface area contributed by atoms with Crippen LogP contribution in [0.15, 0.2) is 60.7 Å². The lowest BCUT2D eigenvalue weighted by atomic mass is 9.47. The van der Waals surface area contributed by atoms with Crippen LogP contribution in [0.25, 0.3) is 6.08 Å². The van der Waals surface area contributed by atoms with Gasteiger partial charge in [0.05, 0.1) is 19.1 Å². The van der Waals surface area contributed by atoms with Gasteiger partial charge in [-0.05, 0) is 62.7 Å². The molecule has 4 atom stereocenters. The van der Waals surface area contributed by atoms with E-state index in [9.17, 15) is 4.79 Å². The minimum Gasteiger partial charge on any atom is -0.493 e. The molecule has 2 aromatic rings. The Labute approximate surface area is 194 Å². The number of ketones is 1. The minimum absolute atomic E-state index is 0.00374. The molecule has 0 radical (unpaired) electrons. The van der Waals surface area contributed by atoms with Gasteiger partial charge >= 0.3 is 0 Å². The number of piperidine rings is 1. The quantitative estimate of drug-likeness (QED) is 0.700. The van der Waals surface area contributed by atoms with Gasteiger partial charge in [0.25, 0.3) is 0 Å². The summed E-state index contributed by atoms with van der Waals surface area (Å²) >= 11 is 0. The van der Waals surface area contributed by atoms with E-state index in [0.29, 0.717) is 18.1 Å². The molecule has 2 aliphatic carbocycles. The molecule has 4 aliphatic rings. The number of benzene rings is 2. The molecule has 1 unspecified atom stereocenters. The van der Waals surface area contributed by atoms with Crippen molar-refractivity contribution in [3.63, 3.8) is 0 Å². The summed E-state index contributed by atoms with van der Waals surface area (Å²) in [5.41, 5.74) is 1.18. The first-order valence-electron chi connectivity index (χ1n) is 11.7. The molecule has 170 valence electrons. The van der Waals surface area contributed by atoms with Crippen molar-refractivity contribution in [2.45, 2.75) is 42.4 Å². The first kappa shape index (κ1) is 20.7. The Hall–Kier alpha value is -2.89. The van der Waals surface area contributed by atoms with Crippen LogP contribution in [-0.2, 0) is 21.4 Å². The first-order valence-corrected chi connectivity index (χ1v) is 11.7. The fourth-order valence-corrected chi connectivity index (χ4v) is 6.86. The number of carbonyl (C=O) groups excluding carboxylic acids is 1. The van der Waals surface area contributed by atoms with Crippen LogP contribution in [0.3, 0.4) is 0 Å². The van der Waals surface area contributed by atoms with Gasteiger partial charge in [0, 0.05) is 11.6 Å². The number of hydrogen-bond donors (Lipinski definition) is 0. The van der Waals surface area contributed by atoms with E-state index >= 15 is 0 Å². The average Bonchev–Trinajstić information content (AvgIpc) is 3.11. The third-order valence-electron chi connectivity index (χ3n) is 8.40. The molecule has 2 aliphatic heterocycles. The summed E-state index contributed by atoms with van der Waals surface area (Å²) in [6.45, 7) is 3.28. The van der Waals surface area contributed by atoms with Crippen molar-refractivity contribution >= 4 is 11.9 Å². The van der Waals surface area contributed by atoms with Gasteiger partial charge in [0.15, 0.2) is 22.9 Å². The summed E-state index contributed by atoms with van der Waals surface area (Å²) in [5.74, 6) is 1.39. The van der Waals surface area contributed by atoms with Crippen molar-refractivity contribution in [2.24, 2.45) is 0 Å². The zero-order chi connectivity index (χ0) is 22.8. The predicted molar refractivity (Wildman–Crippen MR) is 127 cm³/mol. The van der Waals surface area contributed by atoms with Crippen molar-refractivity contribution in [1.29, 1.82) is 0 Å². The second-order valence-electron chi connectivity index (χ2n) is 9.74. The van der Waals surface area contributed by atoms with E-state index in [1.807, 2.05) is 37.3 Å². The number of hydrogen-bond acceptors (Lipinski definition) is 5. The third-order valence-corrected chi connectivity index (χ3v) is 8.40. The largest absolute Gasteiger partial charge is 0.493 e. The van der Waals surface area contributed by atoms with Crippen LogP contribution >= 0.6 is 0 Å². The van der Waals surface area contributed by atoms with E-state index in [1.54, 1.807) is 13.2 Å². The maximum atomic E-state index is 13.4. The SMILES string of the molecule is COc1ccc2c3c1O[C@@]1(C)C(=O)C=CC4(OCC=Cc5ccccc5)[C@@H](C2)N(C)CC[C@@]341. The van der Waals surface area contributed by atoms with Crippen LogP contribution in [0.5, 0.6) is 11.5 Å². The molecule has 33 heavy (non-hydrogen) atoms. The van der Waals surface area contributed by atoms with Gasteiger partial charge in [-0.1, -0.05) is 48.6 Å². The molecule has 0 saturated carbocycles. The van der Waals surface area contributed by atoms with E-state index in [2.05, 4.69) is 42.3 Å². The Bertz CT molecular complexity index is 1190. The average molecular weight is 444 g/mol. The molecule has 5 heteroatoms. The van der Waals surface area contributed by atoms with E-state index in [0.717, 1.165) is 30.5 Å². The summed E-state index contributed by atoms with van der Waals surface area (Å²) in [5, 5.41) is 0. The van der Waals surface area contributed by atoms with Crippen molar-refractivity contribution in [1.82, 2.24) is 4.90 Å². The third kappa shape index (κ3) is 2.47. The van der Waals surface area contributed by atoms with E-state index in [1.165, 1.54) is 5.56 Å². The smallest absolute Gasteiger partial charge is 0.199 e. The topological polar surface area (TPSA) is 48.0 Å². The maximum absolute atomic E-state index is 13.4. The molecule has 1 spiro atoms. The predicted octanol–water partition coefficient (Wildman–Crippen LogP) is 3.95. The second-order valence-corrected chi connectivity index (χ2v) is 9.74. The molecular formula is C28H29NO4. The lowest BCUT2D eigenvalue weighted by Gasteiger charge is -2.64. The minimum atomic E-state index is -1.03. The lowest BCUT2D eigenvalue weighted by molar-refractivity contribution is -0.189. The lowest BCUT2D eigenvalue weighted by Crippen LogP contribution is -2.79. The van der Waals surface area contributed by atoms with Crippen LogP contribution in [0, 0.1) is 0 Å². The molecule has 5 nitrogen and oxygen atoms in total. The number of likely N-dealkylation sites (tertiary alicyclic amines) is 1. The van der Waals surface area contributed by atoms with Gasteiger partial charge in [0.2, 0.25) is 0 Å². The Morgan fingerprint density at radius 1 is 1.21 bits per heavy atom. The van der Waals surface area contributed by atoms with Crippen molar-refractivity contribution < 1.29 is 19.0 Å². The van der Waals surface area contributed by atoms with Crippen molar-refractivity contribution in [3.05, 3.63) is 77.4 Å². The second kappa shape index (κ2) is 7.05. The standard InChI is InChI=1S/C28H29NO4/c1-26-23(30)13-14-28(32-17-7-10-19-8-5-4-6-9-19)22-18-20-11-12-21(31-3)25(33-26)24(20)27(26,28)15-16-29(22)2/h4-14,22H,15-18H2,1-3H3/t22-,26+,27+,28?/m1/s1.